The second-order valence-electron chi connectivity index (χ2n) is 7.48. The van der Waals surface area contributed by atoms with Gasteiger partial charge in [0.2, 0.25) is 5.75 Å². The fourth-order valence-electron chi connectivity index (χ4n) is 3.21. The highest BCUT2D eigenvalue weighted by Gasteiger charge is 2.20. The van der Waals surface area contributed by atoms with Crippen molar-refractivity contribution in [1.29, 1.82) is 0 Å². The molecule has 0 saturated heterocycles. The molecule has 0 heterocycles. The fraction of sp³-hybridized carbons (Fsp3) is 0.222. The minimum absolute atomic E-state index is 0.191. The average molecular weight is 543 g/mol. The molecule has 0 radical (unpaired) electrons. The Morgan fingerprint density at radius 3 is 2.16 bits per heavy atom. The van der Waals surface area contributed by atoms with E-state index in [9.17, 15) is 9.59 Å². The van der Waals surface area contributed by atoms with Crippen LogP contribution in [0.4, 0.5) is 0 Å². The summed E-state index contributed by atoms with van der Waals surface area (Å²) in [5.41, 5.74) is 3.17. The van der Waals surface area contributed by atoms with Crippen LogP contribution in [0.25, 0.3) is 0 Å². The van der Waals surface area contributed by atoms with Crippen LogP contribution in [-0.4, -0.2) is 52.6 Å². The van der Waals surface area contributed by atoms with E-state index in [1.165, 1.54) is 39.7 Å². The second kappa shape index (κ2) is 13.8. The molecule has 0 aliphatic rings. The molecule has 0 bridgehead atoms. The van der Waals surface area contributed by atoms with Crippen LogP contribution in [-0.2, 0) is 4.79 Å². The Kier molecular flexibility index (Phi) is 10.2. The molecular weight excluding hydrogens is 516 g/mol. The van der Waals surface area contributed by atoms with Gasteiger partial charge in [-0.25, -0.2) is 10.2 Å². The summed E-state index contributed by atoms with van der Waals surface area (Å²) in [6, 6.07) is 14.5. The van der Waals surface area contributed by atoms with Gasteiger partial charge in [-0.2, -0.15) is 5.10 Å². The number of amides is 1. The first-order chi connectivity index (χ1) is 18.4. The van der Waals surface area contributed by atoms with Gasteiger partial charge < -0.3 is 28.4 Å². The van der Waals surface area contributed by atoms with Crippen LogP contribution in [0, 0.1) is 0 Å². The molecular formula is C27H27ClN2O8. The molecule has 0 aliphatic carbocycles. The Labute approximate surface area is 225 Å². The van der Waals surface area contributed by atoms with Crippen LogP contribution in [0.2, 0.25) is 5.02 Å². The quantitative estimate of drug-likeness (QED) is 0.154. The van der Waals surface area contributed by atoms with Crippen LogP contribution in [0.1, 0.15) is 22.8 Å². The number of nitrogens with zero attached hydrogens (tertiary/aromatic N) is 1. The number of carbonyl (C=O) groups excluding carboxylic acids is 2. The van der Waals surface area contributed by atoms with Crippen molar-refractivity contribution in [2.45, 2.75) is 6.92 Å². The molecule has 1 N–H and O–H groups in total. The minimum atomic E-state index is -0.653. The molecule has 0 fully saturated rings. The summed E-state index contributed by atoms with van der Waals surface area (Å²) >= 11 is 5.83. The first kappa shape index (κ1) is 28.1. The number of carbonyl (C=O) groups is 2. The first-order valence-corrected chi connectivity index (χ1v) is 11.8. The number of ether oxygens (including phenoxy) is 6. The Bertz CT molecular complexity index is 1270. The number of nitrogens with one attached hydrogen (secondary N) is 1. The van der Waals surface area contributed by atoms with Crippen molar-refractivity contribution in [3.63, 3.8) is 0 Å². The number of halogens is 1. The number of hydrogen-bond acceptors (Lipinski definition) is 9. The summed E-state index contributed by atoms with van der Waals surface area (Å²) in [7, 11) is 4.38. The van der Waals surface area contributed by atoms with Crippen molar-refractivity contribution in [3.05, 3.63) is 70.7 Å². The average Bonchev–Trinajstić information content (AvgIpc) is 2.93. The molecule has 0 atom stereocenters. The van der Waals surface area contributed by atoms with E-state index in [-0.39, 0.29) is 17.9 Å². The topological polar surface area (TPSA) is 114 Å². The van der Waals surface area contributed by atoms with Gasteiger partial charge in [0.15, 0.2) is 29.6 Å². The summed E-state index contributed by atoms with van der Waals surface area (Å²) in [4.78, 5) is 24.9. The summed E-state index contributed by atoms with van der Waals surface area (Å²) in [5.74, 6) is 0.905. The van der Waals surface area contributed by atoms with Crippen molar-refractivity contribution < 1.29 is 38.0 Å². The molecule has 3 aromatic rings. The monoisotopic (exact) mass is 542 g/mol. The third-order valence-corrected chi connectivity index (χ3v) is 5.21. The van der Waals surface area contributed by atoms with Crippen molar-refractivity contribution >= 4 is 29.7 Å². The second-order valence-corrected chi connectivity index (χ2v) is 7.91. The van der Waals surface area contributed by atoms with Gasteiger partial charge in [0.05, 0.1) is 39.7 Å². The highest BCUT2D eigenvalue weighted by Crippen LogP contribution is 2.39. The van der Waals surface area contributed by atoms with Gasteiger partial charge in [-0.15, -0.1) is 0 Å². The standard InChI is InChI=1S/C27H27ClN2O8/c1-5-36-22-12-17(15-29-30-25(31)16-37-20-9-7-19(28)8-10-20)6-11-21(22)38-27(32)18-13-23(33-2)26(35-4)24(14-18)34-3/h6-15H,5,16H2,1-4H3,(H,30,31)/b29-15+. The lowest BCUT2D eigenvalue weighted by atomic mass is 10.1. The molecule has 0 unspecified atom stereocenters. The van der Waals surface area contributed by atoms with Gasteiger partial charge in [0, 0.05) is 5.02 Å². The van der Waals surface area contributed by atoms with E-state index in [4.69, 9.17) is 40.0 Å². The molecule has 0 spiro atoms. The molecule has 38 heavy (non-hydrogen) atoms. The molecule has 3 rings (SSSR count). The normalized spacial score (nSPS) is 10.6. The van der Waals surface area contributed by atoms with E-state index in [0.717, 1.165) is 0 Å². The highest BCUT2D eigenvalue weighted by molar-refractivity contribution is 6.30. The van der Waals surface area contributed by atoms with E-state index in [2.05, 4.69) is 10.5 Å². The van der Waals surface area contributed by atoms with E-state index >= 15 is 0 Å². The predicted octanol–water partition coefficient (Wildman–Crippen LogP) is 4.51. The van der Waals surface area contributed by atoms with Crippen LogP contribution < -0.4 is 33.8 Å². The molecule has 0 saturated carbocycles. The molecule has 1 amide bonds. The largest absolute Gasteiger partial charge is 0.493 e. The lowest BCUT2D eigenvalue weighted by Crippen LogP contribution is -2.24. The van der Waals surface area contributed by atoms with E-state index in [1.54, 1.807) is 49.4 Å². The Balaban J connectivity index is 1.67. The number of benzene rings is 3. The zero-order valence-electron chi connectivity index (χ0n) is 21.3. The van der Waals surface area contributed by atoms with Crippen molar-refractivity contribution in [2.75, 3.05) is 34.5 Å². The van der Waals surface area contributed by atoms with Crippen LogP contribution in [0.15, 0.2) is 59.7 Å². The van der Waals surface area contributed by atoms with E-state index in [0.29, 0.717) is 45.9 Å². The molecule has 200 valence electrons. The van der Waals surface area contributed by atoms with Crippen molar-refractivity contribution in [2.24, 2.45) is 5.10 Å². The van der Waals surface area contributed by atoms with Gasteiger partial charge in [-0.3, -0.25) is 4.79 Å². The van der Waals surface area contributed by atoms with Gasteiger partial charge in [-0.1, -0.05) is 11.6 Å². The maximum absolute atomic E-state index is 12.9. The lowest BCUT2D eigenvalue weighted by molar-refractivity contribution is -0.123. The minimum Gasteiger partial charge on any atom is -0.493 e. The first-order valence-electron chi connectivity index (χ1n) is 11.4. The fourth-order valence-corrected chi connectivity index (χ4v) is 3.33. The van der Waals surface area contributed by atoms with E-state index in [1.807, 2.05) is 0 Å². The van der Waals surface area contributed by atoms with Crippen LogP contribution in [0.5, 0.6) is 34.5 Å². The predicted molar refractivity (Wildman–Crippen MR) is 141 cm³/mol. The third kappa shape index (κ3) is 7.53. The Morgan fingerprint density at radius 1 is 0.868 bits per heavy atom. The zero-order chi connectivity index (χ0) is 27.5. The number of hydrazone groups is 1. The number of hydrogen-bond donors (Lipinski definition) is 1. The number of esters is 1. The Hall–Kier alpha value is -4.44. The van der Waals surface area contributed by atoms with Gasteiger partial charge >= 0.3 is 5.97 Å². The maximum Gasteiger partial charge on any atom is 0.343 e. The van der Waals surface area contributed by atoms with E-state index < -0.39 is 11.9 Å². The molecule has 0 aliphatic heterocycles. The summed E-state index contributed by atoms with van der Waals surface area (Å²) < 4.78 is 32.5. The van der Waals surface area contributed by atoms with Gasteiger partial charge in [0.25, 0.3) is 5.91 Å². The number of methoxy groups -OCH3 is 3. The van der Waals surface area contributed by atoms with Gasteiger partial charge in [-0.05, 0) is 67.1 Å². The molecule has 3 aromatic carbocycles. The summed E-state index contributed by atoms with van der Waals surface area (Å²) in [5, 5.41) is 4.50. The van der Waals surface area contributed by atoms with Crippen molar-refractivity contribution in [1.82, 2.24) is 5.43 Å². The molecule has 11 heteroatoms. The summed E-state index contributed by atoms with van der Waals surface area (Å²) in [6.45, 7) is 1.90. The van der Waals surface area contributed by atoms with Gasteiger partial charge in [0.1, 0.15) is 5.75 Å². The SMILES string of the molecule is CCOc1cc(/C=N/NC(=O)COc2ccc(Cl)cc2)ccc1OC(=O)c1cc(OC)c(OC)c(OC)c1. The zero-order valence-corrected chi connectivity index (χ0v) is 22.0. The summed E-state index contributed by atoms with van der Waals surface area (Å²) in [6.07, 6.45) is 1.42. The maximum atomic E-state index is 12.9. The number of rotatable bonds is 12. The lowest BCUT2D eigenvalue weighted by Gasteiger charge is -2.15. The van der Waals surface area contributed by atoms with Crippen molar-refractivity contribution in [3.8, 4) is 34.5 Å². The third-order valence-electron chi connectivity index (χ3n) is 4.96. The highest BCUT2D eigenvalue weighted by atomic mass is 35.5. The van der Waals surface area contributed by atoms with Crippen LogP contribution >= 0.6 is 11.6 Å². The smallest absolute Gasteiger partial charge is 0.343 e. The van der Waals surface area contributed by atoms with Crippen LogP contribution in [0.3, 0.4) is 0 Å². The Morgan fingerprint density at radius 2 is 1.55 bits per heavy atom. The molecule has 0 aromatic heterocycles. The molecule has 10 nitrogen and oxygen atoms in total.